The van der Waals surface area contributed by atoms with Crippen LogP contribution in [0, 0.1) is 16.7 Å². The maximum atomic E-state index is 14.6. The molecular weight excluding hydrogens is 763 g/mol. The van der Waals surface area contributed by atoms with E-state index in [9.17, 15) is 36.4 Å². The van der Waals surface area contributed by atoms with Crippen LogP contribution in [0.5, 0.6) is 5.88 Å². The molecule has 14 nitrogen and oxygen atoms in total. The quantitative estimate of drug-likeness (QED) is 0.318. The van der Waals surface area contributed by atoms with E-state index < -0.39 is 92.4 Å². The molecule has 2 saturated carbocycles. The summed E-state index contributed by atoms with van der Waals surface area (Å²) in [5.41, 5.74) is -0.815. The lowest BCUT2D eigenvalue weighted by Crippen LogP contribution is -2.60. The standard InChI is InChI=1S/C40H46F2N6O8S/c1-38(2,3)31-35(50)48-20-24(18-29(48)33(49)46-40(19-26(40)32(41)42)36(51)47-57(53,54)25-13-14-25)56-34-30(43-27-11-6-7-12-28(27)44-34)23-10-8-9-22(17-23)15-16-39(4,5)21-55-37(52)45-31/h6-12,15-17,24-26,29,31-32H,13-14,18-21H2,1-5H3,(H,45,52)(H,46,49)(H,47,51)/b16-15+/t24-,26+,29+,31-,40-/m1/s1. The number of aromatic nitrogens is 2. The second kappa shape index (κ2) is 14.6. The Balaban J connectivity index is 1.29. The number of alkyl carbamates (subject to hydrolysis) is 1. The third-order valence-electron chi connectivity index (χ3n) is 10.8. The Labute approximate surface area is 329 Å². The summed E-state index contributed by atoms with van der Waals surface area (Å²) in [5, 5.41) is 4.28. The maximum absolute atomic E-state index is 14.6. The minimum atomic E-state index is -4.15. The first-order valence-electron chi connectivity index (χ1n) is 18.9. The first kappa shape index (κ1) is 40.0. The van der Waals surface area contributed by atoms with Gasteiger partial charge in [-0.3, -0.25) is 19.1 Å². The summed E-state index contributed by atoms with van der Waals surface area (Å²) in [6.07, 6.45) is -1.10. The average molecular weight is 809 g/mol. The van der Waals surface area contributed by atoms with Gasteiger partial charge in [-0.25, -0.2) is 32.0 Å². The van der Waals surface area contributed by atoms with Crippen molar-refractivity contribution in [2.24, 2.45) is 16.7 Å². The lowest BCUT2D eigenvalue weighted by atomic mass is 9.85. The van der Waals surface area contributed by atoms with E-state index in [4.69, 9.17) is 19.4 Å². The molecule has 0 unspecified atom stereocenters. The second-order valence-corrected chi connectivity index (χ2v) is 19.1. The van der Waals surface area contributed by atoms with Crippen LogP contribution in [0.15, 0.2) is 54.6 Å². The Morgan fingerprint density at radius 2 is 1.74 bits per heavy atom. The number of benzene rings is 2. The number of halogens is 2. The van der Waals surface area contributed by atoms with Gasteiger partial charge in [0.2, 0.25) is 34.1 Å². The van der Waals surface area contributed by atoms with Crippen LogP contribution < -0.4 is 20.1 Å². The third-order valence-corrected chi connectivity index (χ3v) is 12.6. The van der Waals surface area contributed by atoms with Gasteiger partial charge in [-0.05, 0) is 48.4 Å². The van der Waals surface area contributed by atoms with Gasteiger partial charge in [0.1, 0.15) is 36.0 Å². The van der Waals surface area contributed by atoms with Crippen LogP contribution in [0.4, 0.5) is 13.6 Å². The topological polar surface area (TPSA) is 186 Å². The largest absolute Gasteiger partial charge is 0.471 e. The molecule has 1 aromatic heterocycles. The molecule has 3 fully saturated rings. The van der Waals surface area contributed by atoms with E-state index in [2.05, 4.69) is 10.6 Å². The zero-order valence-corrected chi connectivity index (χ0v) is 33.1. The van der Waals surface area contributed by atoms with Gasteiger partial charge in [-0.1, -0.05) is 77.1 Å². The van der Waals surface area contributed by atoms with E-state index in [-0.39, 0.29) is 25.5 Å². The first-order chi connectivity index (χ1) is 26.8. The number of alkyl halides is 2. The summed E-state index contributed by atoms with van der Waals surface area (Å²) in [4.78, 5) is 66.6. The number of hydrogen-bond donors (Lipinski definition) is 3. The number of cyclic esters (lactones) is 1. The monoisotopic (exact) mass is 808 g/mol. The number of amides is 4. The van der Waals surface area contributed by atoms with Crippen LogP contribution in [0.2, 0.25) is 0 Å². The number of rotatable bonds is 6. The molecule has 0 radical (unpaired) electrons. The number of para-hydroxylation sites is 2. The molecule has 1 saturated heterocycles. The minimum absolute atomic E-state index is 0.0447. The van der Waals surface area contributed by atoms with Gasteiger partial charge in [-0.2, -0.15) is 0 Å². The van der Waals surface area contributed by atoms with Crippen LogP contribution >= 0.6 is 0 Å². The van der Waals surface area contributed by atoms with E-state index in [1.165, 1.54) is 4.90 Å². The molecule has 304 valence electrons. The van der Waals surface area contributed by atoms with E-state index in [0.29, 0.717) is 35.1 Å². The summed E-state index contributed by atoms with van der Waals surface area (Å²) in [6, 6.07) is 12.0. The molecule has 3 aromatic rings. The highest BCUT2D eigenvalue weighted by Gasteiger charge is 2.67. The number of sulfonamides is 1. The van der Waals surface area contributed by atoms with Gasteiger partial charge in [0.15, 0.2) is 0 Å². The number of nitrogens with one attached hydrogen (secondary N) is 3. The lowest BCUT2D eigenvalue weighted by Gasteiger charge is -2.35. The van der Waals surface area contributed by atoms with Crippen molar-refractivity contribution < 1.29 is 45.9 Å². The van der Waals surface area contributed by atoms with Crippen LogP contribution in [0.25, 0.3) is 28.4 Å². The maximum Gasteiger partial charge on any atom is 0.407 e. The molecule has 2 aliphatic carbocycles. The normalized spacial score (nSPS) is 26.9. The highest BCUT2D eigenvalue weighted by atomic mass is 32.2. The summed E-state index contributed by atoms with van der Waals surface area (Å²) >= 11 is 0. The van der Waals surface area contributed by atoms with E-state index in [1.807, 2.05) is 67.1 Å². The van der Waals surface area contributed by atoms with E-state index in [1.54, 1.807) is 32.9 Å². The molecule has 17 heteroatoms. The van der Waals surface area contributed by atoms with Crippen molar-refractivity contribution in [2.45, 2.75) is 95.7 Å². The number of carbonyl (C=O) groups excluding carboxylic acids is 4. The Morgan fingerprint density at radius 1 is 1.04 bits per heavy atom. The Kier molecular flexibility index (Phi) is 10.3. The van der Waals surface area contributed by atoms with Gasteiger partial charge in [-0.15, -0.1) is 0 Å². The van der Waals surface area contributed by atoms with Crippen molar-refractivity contribution in [1.29, 1.82) is 0 Å². The van der Waals surface area contributed by atoms with Gasteiger partial charge in [0.05, 0.1) is 28.7 Å². The summed E-state index contributed by atoms with van der Waals surface area (Å²) < 4.78 is 67.8. The molecule has 4 amide bonds. The van der Waals surface area contributed by atoms with Crippen molar-refractivity contribution in [3.8, 4) is 17.1 Å². The number of fused-ring (bicyclic) bond motifs is 7. The van der Waals surface area contributed by atoms with Crippen LogP contribution in [0.3, 0.4) is 0 Å². The highest BCUT2D eigenvalue weighted by molar-refractivity contribution is 7.91. The fourth-order valence-electron chi connectivity index (χ4n) is 7.21. The van der Waals surface area contributed by atoms with Crippen molar-refractivity contribution in [2.75, 3.05) is 13.2 Å². The Bertz CT molecular complexity index is 2260. The average Bonchev–Trinajstić information content (AvgIpc) is 4.08. The molecule has 5 atom stereocenters. The number of carbonyl (C=O) groups is 4. The van der Waals surface area contributed by atoms with Crippen LogP contribution in [0.1, 0.15) is 65.9 Å². The van der Waals surface area contributed by atoms with Gasteiger partial charge in [0.25, 0.3) is 5.91 Å². The third kappa shape index (κ3) is 8.43. The number of ether oxygens (including phenoxy) is 2. The zero-order valence-electron chi connectivity index (χ0n) is 32.3. The second-order valence-electron chi connectivity index (χ2n) is 17.1. The highest BCUT2D eigenvalue weighted by Crippen LogP contribution is 2.48. The van der Waals surface area contributed by atoms with Crippen molar-refractivity contribution in [3.63, 3.8) is 0 Å². The van der Waals surface area contributed by atoms with Gasteiger partial charge >= 0.3 is 6.09 Å². The van der Waals surface area contributed by atoms with E-state index in [0.717, 1.165) is 5.56 Å². The molecule has 2 aromatic carbocycles. The van der Waals surface area contributed by atoms with Crippen molar-refractivity contribution >= 4 is 50.9 Å². The molecule has 4 bridgehead atoms. The fraction of sp³-hybridized carbons (Fsp3) is 0.500. The molecule has 7 rings (SSSR count). The lowest BCUT2D eigenvalue weighted by molar-refractivity contribution is -0.143. The molecule has 3 N–H and O–H groups in total. The van der Waals surface area contributed by atoms with Gasteiger partial charge < -0.3 is 25.0 Å². The molecule has 2 aliphatic heterocycles. The molecule has 57 heavy (non-hydrogen) atoms. The predicted octanol–water partition coefficient (Wildman–Crippen LogP) is 4.59. The zero-order chi connectivity index (χ0) is 41.1. The molecular formula is C40H46F2N6O8S. The minimum Gasteiger partial charge on any atom is -0.471 e. The predicted molar refractivity (Wildman–Crippen MR) is 205 cm³/mol. The number of hydrogen-bond acceptors (Lipinski definition) is 10. The molecule has 4 aliphatic rings. The molecule has 0 spiro atoms. The fourth-order valence-corrected chi connectivity index (χ4v) is 8.57. The van der Waals surface area contributed by atoms with E-state index >= 15 is 0 Å². The van der Waals surface area contributed by atoms with Crippen LogP contribution in [-0.2, 0) is 29.1 Å². The van der Waals surface area contributed by atoms with Crippen LogP contribution in [-0.4, -0.2) is 95.7 Å². The Hall–Kier alpha value is -5.19. The molecule has 3 heterocycles. The number of nitrogens with zero attached hydrogens (tertiary/aromatic N) is 3. The van der Waals surface area contributed by atoms with Gasteiger partial charge in [0, 0.05) is 17.4 Å². The first-order valence-corrected chi connectivity index (χ1v) is 20.4. The smallest absolute Gasteiger partial charge is 0.407 e. The SMILES string of the molecule is CC1(C)/C=C/c2cccc(c2)-c2nc3ccccc3nc2O[C@@H]2C[C@@H](C(=O)N[C@]3(C(=O)NS(=O)(=O)C4CC4)C[C@H]3C(F)F)N(C2)C(=O)[C@H](C(C)(C)C)NC(=O)OC1. The Morgan fingerprint density at radius 3 is 2.39 bits per heavy atom. The summed E-state index contributed by atoms with van der Waals surface area (Å²) in [6.45, 7) is 8.66. The van der Waals surface area contributed by atoms with Crippen molar-refractivity contribution in [3.05, 3.63) is 60.2 Å². The van der Waals surface area contributed by atoms with Crippen molar-refractivity contribution in [1.82, 2.24) is 30.2 Å². The summed E-state index contributed by atoms with van der Waals surface area (Å²) in [7, 11) is -4.15. The summed E-state index contributed by atoms with van der Waals surface area (Å²) in [5.74, 6) is -4.48.